The second-order valence-corrected chi connectivity index (χ2v) is 10.2. The SMILES string of the molecule is O=C(Cc1cc(F)c2nc(C(=O)OCc3ccccc3)cc(C(=O)OCc3ccccc3)c2c1[N+](=O)[O-])C(=O)OCc1ccccc1. The van der Waals surface area contributed by atoms with Gasteiger partial charge in [-0.3, -0.25) is 14.9 Å². The van der Waals surface area contributed by atoms with Crippen molar-refractivity contribution in [1.82, 2.24) is 4.98 Å². The molecule has 0 saturated carbocycles. The maximum absolute atomic E-state index is 15.7. The summed E-state index contributed by atoms with van der Waals surface area (Å²) >= 11 is 0. The number of nitro groups is 1. The molecule has 12 heteroatoms. The Bertz CT molecular complexity index is 1970. The molecule has 1 aromatic heterocycles. The van der Waals surface area contributed by atoms with Gasteiger partial charge in [-0.15, -0.1) is 0 Å². The van der Waals surface area contributed by atoms with Crippen LogP contribution in [0.4, 0.5) is 10.1 Å². The predicted octanol–water partition coefficient (Wildman–Crippen LogP) is 5.85. The van der Waals surface area contributed by atoms with Gasteiger partial charge in [0.25, 0.3) is 5.69 Å². The summed E-state index contributed by atoms with van der Waals surface area (Å²) in [4.78, 5) is 67.2. The molecule has 0 aliphatic heterocycles. The number of nitrogens with zero attached hydrogens (tertiary/aromatic N) is 2. The van der Waals surface area contributed by atoms with Crippen LogP contribution in [0.2, 0.25) is 0 Å². The van der Waals surface area contributed by atoms with E-state index in [0.717, 1.165) is 6.07 Å². The van der Waals surface area contributed by atoms with E-state index in [1.165, 1.54) is 0 Å². The summed E-state index contributed by atoms with van der Waals surface area (Å²) in [6.07, 6.45) is -0.920. The first-order valence-corrected chi connectivity index (χ1v) is 14.2. The Morgan fingerprint density at radius 1 is 0.702 bits per heavy atom. The number of fused-ring (bicyclic) bond motifs is 1. The van der Waals surface area contributed by atoms with E-state index in [1.54, 1.807) is 91.0 Å². The average Bonchev–Trinajstić information content (AvgIpc) is 3.09. The van der Waals surface area contributed by atoms with Gasteiger partial charge in [-0.05, 0) is 28.8 Å². The van der Waals surface area contributed by atoms with E-state index in [-0.39, 0.29) is 19.8 Å². The van der Waals surface area contributed by atoms with Gasteiger partial charge in [0, 0.05) is 12.0 Å². The summed E-state index contributed by atoms with van der Waals surface area (Å²) in [5.41, 5.74) is -1.34. The molecule has 0 spiro atoms. The topological polar surface area (TPSA) is 152 Å². The van der Waals surface area contributed by atoms with Crippen molar-refractivity contribution in [2.45, 2.75) is 26.2 Å². The first-order chi connectivity index (χ1) is 22.7. The fourth-order valence-corrected chi connectivity index (χ4v) is 4.66. The second-order valence-electron chi connectivity index (χ2n) is 10.2. The number of aromatic nitrogens is 1. The molecule has 4 aromatic carbocycles. The zero-order chi connectivity index (χ0) is 33.3. The lowest BCUT2D eigenvalue weighted by Crippen LogP contribution is -2.20. The Balaban J connectivity index is 1.52. The van der Waals surface area contributed by atoms with Crippen LogP contribution < -0.4 is 0 Å². The Labute approximate surface area is 266 Å². The number of carbonyl (C=O) groups is 4. The van der Waals surface area contributed by atoms with Crippen molar-refractivity contribution in [3.63, 3.8) is 0 Å². The van der Waals surface area contributed by atoms with Crippen LogP contribution in [0.25, 0.3) is 10.9 Å². The molecule has 0 N–H and O–H groups in total. The third-order valence-electron chi connectivity index (χ3n) is 6.92. The minimum atomic E-state index is -1.29. The molecule has 0 unspecified atom stereocenters. The zero-order valence-electron chi connectivity index (χ0n) is 24.6. The summed E-state index contributed by atoms with van der Waals surface area (Å²) in [7, 11) is 0. The predicted molar refractivity (Wildman–Crippen MR) is 164 cm³/mol. The average molecular weight is 637 g/mol. The van der Waals surface area contributed by atoms with Gasteiger partial charge in [0.15, 0.2) is 0 Å². The molecule has 0 saturated heterocycles. The van der Waals surface area contributed by atoms with E-state index in [9.17, 15) is 29.3 Å². The molecular weight excluding hydrogens is 611 g/mol. The smallest absolute Gasteiger partial charge is 0.375 e. The van der Waals surface area contributed by atoms with E-state index in [4.69, 9.17) is 14.2 Å². The van der Waals surface area contributed by atoms with E-state index in [2.05, 4.69) is 4.98 Å². The molecule has 0 bridgehead atoms. The lowest BCUT2D eigenvalue weighted by Gasteiger charge is -2.13. The summed E-state index contributed by atoms with van der Waals surface area (Å²) < 4.78 is 31.4. The molecule has 0 radical (unpaired) electrons. The van der Waals surface area contributed by atoms with Gasteiger partial charge in [0.05, 0.1) is 15.9 Å². The fourth-order valence-electron chi connectivity index (χ4n) is 4.66. The number of hydrogen-bond donors (Lipinski definition) is 0. The Hall–Kier alpha value is -6.30. The Morgan fingerprint density at radius 2 is 1.19 bits per heavy atom. The highest BCUT2D eigenvalue weighted by molar-refractivity contribution is 6.34. The molecular formula is C35H25FN2O9. The monoisotopic (exact) mass is 636 g/mol. The van der Waals surface area contributed by atoms with Crippen molar-refractivity contribution in [2.24, 2.45) is 0 Å². The molecule has 5 rings (SSSR count). The number of nitro benzene ring substituents is 1. The minimum absolute atomic E-state index is 0.169. The maximum Gasteiger partial charge on any atom is 0.375 e. The molecule has 0 aliphatic carbocycles. The number of halogens is 1. The van der Waals surface area contributed by atoms with Gasteiger partial charge in [-0.2, -0.15) is 0 Å². The van der Waals surface area contributed by atoms with E-state index in [0.29, 0.717) is 22.8 Å². The number of benzene rings is 4. The lowest BCUT2D eigenvalue weighted by molar-refractivity contribution is -0.383. The Kier molecular flexibility index (Phi) is 10.0. The van der Waals surface area contributed by atoms with Crippen molar-refractivity contribution >= 4 is 40.3 Å². The largest absolute Gasteiger partial charge is 0.457 e. The highest BCUT2D eigenvalue weighted by atomic mass is 19.1. The van der Waals surface area contributed by atoms with Crippen molar-refractivity contribution < 1.29 is 42.7 Å². The van der Waals surface area contributed by atoms with Gasteiger partial charge in [-0.1, -0.05) is 91.0 Å². The maximum atomic E-state index is 15.7. The van der Waals surface area contributed by atoms with E-state index in [1.807, 2.05) is 0 Å². The van der Waals surface area contributed by atoms with Gasteiger partial charge in [0.1, 0.15) is 36.8 Å². The zero-order valence-corrected chi connectivity index (χ0v) is 24.6. The number of hydrogen-bond acceptors (Lipinski definition) is 10. The number of pyridine rings is 1. The highest BCUT2D eigenvalue weighted by Crippen LogP contribution is 2.35. The van der Waals surface area contributed by atoms with Crippen molar-refractivity contribution in [1.29, 1.82) is 0 Å². The number of rotatable bonds is 12. The van der Waals surface area contributed by atoms with Crippen molar-refractivity contribution in [3.8, 4) is 0 Å². The third kappa shape index (κ3) is 7.87. The molecule has 0 amide bonds. The first kappa shape index (κ1) is 32.1. The molecule has 0 fully saturated rings. The van der Waals surface area contributed by atoms with Crippen LogP contribution in [-0.2, 0) is 50.0 Å². The van der Waals surface area contributed by atoms with E-state index < -0.39 is 74.3 Å². The summed E-state index contributed by atoms with van der Waals surface area (Å²) in [5, 5.41) is 11.8. The van der Waals surface area contributed by atoms with Crippen LogP contribution in [0.5, 0.6) is 0 Å². The molecule has 5 aromatic rings. The molecule has 236 valence electrons. The minimum Gasteiger partial charge on any atom is -0.457 e. The van der Waals surface area contributed by atoms with Gasteiger partial charge >= 0.3 is 17.9 Å². The summed E-state index contributed by atoms with van der Waals surface area (Å²) in [5.74, 6) is -5.84. The highest BCUT2D eigenvalue weighted by Gasteiger charge is 2.32. The quantitative estimate of drug-likeness (QED) is 0.0536. The van der Waals surface area contributed by atoms with Gasteiger partial charge < -0.3 is 14.2 Å². The van der Waals surface area contributed by atoms with Crippen molar-refractivity contribution in [3.05, 3.63) is 153 Å². The molecule has 0 aliphatic rings. The molecule has 0 atom stereocenters. The van der Waals surface area contributed by atoms with Crippen LogP contribution in [-0.4, -0.2) is 33.6 Å². The number of ether oxygens (including phenoxy) is 3. The van der Waals surface area contributed by atoms with Crippen LogP contribution in [0.3, 0.4) is 0 Å². The van der Waals surface area contributed by atoms with Gasteiger partial charge in [-0.25, -0.2) is 23.8 Å². The van der Waals surface area contributed by atoms with E-state index >= 15 is 4.39 Å². The number of ketones is 1. The summed E-state index contributed by atoms with van der Waals surface area (Å²) in [6, 6.07) is 27.2. The van der Waals surface area contributed by atoms with Crippen LogP contribution >= 0.6 is 0 Å². The van der Waals surface area contributed by atoms with Crippen molar-refractivity contribution in [2.75, 3.05) is 0 Å². The Morgan fingerprint density at radius 3 is 1.70 bits per heavy atom. The lowest BCUT2D eigenvalue weighted by atomic mass is 9.98. The molecule has 47 heavy (non-hydrogen) atoms. The second kappa shape index (κ2) is 14.7. The van der Waals surface area contributed by atoms with Crippen LogP contribution in [0.15, 0.2) is 103 Å². The summed E-state index contributed by atoms with van der Waals surface area (Å²) in [6.45, 7) is -0.653. The molecule has 1 heterocycles. The van der Waals surface area contributed by atoms with Crippen LogP contribution in [0, 0.1) is 15.9 Å². The number of carbonyl (C=O) groups excluding carboxylic acids is 4. The van der Waals surface area contributed by atoms with Gasteiger partial charge in [0.2, 0.25) is 5.78 Å². The normalized spacial score (nSPS) is 10.7. The molecule has 11 nitrogen and oxygen atoms in total. The third-order valence-corrected chi connectivity index (χ3v) is 6.92. The van der Waals surface area contributed by atoms with Crippen LogP contribution in [0.1, 0.15) is 43.1 Å². The number of Topliss-reactive ketones (excluding diaryl/α,β-unsaturated/α-hetero) is 1. The standard InChI is InChI=1S/C35H25FN2O9/c36-27-16-25(17-29(39)35(42)47-21-24-14-8-3-9-15-24)32(38(43)44)30-26(33(40)45-19-22-10-4-1-5-11-22)18-28(37-31(27)30)34(41)46-20-23-12-6-2-7-13-23/h1-16,18H,17,19-21H2. The first-order valence-electron chi connectivity index (χ1n) is 14.2. The fraction of sp³-hybridized carbons (Fsp3) is 0.114. The number of esters is 3.